The molecule has 16 heteroatoms. The lowest BCUT2D eigenvalue weighted by atomic mass is 9.84. The lowest BCUT2D eigenvalue weighted by molar-refractivity contribution is -0.155. The Morgan fingerprint density at radius 3 is 2.51 bits per heavy atom. The maximum atomic E-state index is 14.9. The highest BCUT2D eigenvalue weighted by Gasteiger charge is 2.56. The van der Waals surface area contributed by atoms with Crippen molar-refractivity contribution in [2.75, 3.05) is 53.2 Å². The summed E-state index contributed by atoms with van der Waals surface area (Å²) in [6.07, 6.45) is 4.61. The second-order valence-corrected chi connectivity index (χ2v) is 22.2. The van der Waals surface area contributed by atoms with Crippen molar-refractivity contribution in [2.45, 2.75) is 136 Å². The van der Waals surface area contributed by atoms with Gasteiger partial charge in [-0.15, -0.1) is 0 Å². The number of fused-ring (bicyclic) bond motifs is 6. The number of amides is 4. The summed E-state index contributed by atoms with van der Waals surface area (Å²) < 4.78 is 20.6. The molecule has 4 amide bonds. The molecule has 1 spiro atoms. The second kappa shape index (κ2) is 20.7. The van der Waals surface area contributed by atoms with Crippen LogP contribution in [0.3, 0.4) is 0 Å². The lowest BCUT2D eigenvalue weighted by Gasteiger charge is -2.41. The van der Waals surface area contributed by atoms with Crippen molar-refractivity contribution < 1.29 is 38.2 Å². The Kier molecular flexibility index (Phi) is 14.6. The second-order valence-electron chi connectivity index (χ2n) is 22.2. The predicted octanol–water partition coefficient (Wildman–Crippen LogP) is 6.05. The largest absolute Gasteiger partial charge is 0.464 e. The first-order chi connectivity index (χ1) is 34.8. The summed E-state index contributed by atoms with van der Waals surface area (Å²) in [5.41, 5.74) is 8.67. The summed E-state index contributed by atoms with van der Waals surface area (Å²) in [5, 5.41) is 5.59. The Morgan fingerprint density at radius 2 is 1.78 bits per heavy atom. The van der Waals surface area contributed by atoms with Crippen molar-refractivity contribution in [3.63, 3.8) is 0 Å². The Labute approximate surface area is 429 Å². The standard InChI is InChI=1S/C57H72N8O8/c1-10-63-46-20-19-40-31-42(46)43(50(63)41-17-12-24-58-48(41)37(4)71-9)32-55(5,6)34-72-53(69)44-18-13-27-65(60-44)52(68)45(30-38-15-11-16-39(40)29-38)59-51(67)49(36(2)3)64-35-73-57(54(64)70)23-28-61(33-57)47(66)21-22-56(7,8)62-25-14-26-62/h11-12,15-17,19-20,24,29,31,36-37,44-45,49,60H,10,13-14,18,23,25-28,30,32-35H2,1-9H3,(H,59,67)/t37-,44-,45-,49?,57-/m0/s1. The van der Waals surface area contributed by atoms with Gasteiger partial charge in [-0.3, -0.25) is 38.9 Å². The number of benzene rings is 2. The Bertz CT molecular complexity index is 2860. The van der Waals surface area contributed by atoms with Crippen LogP contribution in [0.2, 0.25) is 0 Å². The highest BCUT2D eigenvalue weighted by molar-refractivity contribution is 5.98. The number of hydrogen-bond donors (Lipinski definition) is 2. The average Bonchev–Trinajstić information content (AvgIpc) is 4.03. The molecule has 0 saturated carbocycles. The third-order valence-corrected chi connectivity index (χ3v) is 15.6. The molecule has 16 nitrogen and oxygen atoms in total. The number of aromatic nitrogens is 2. The maximum absolute atomic E-state index is 14.9. The predicted molar refractivity (Wildman–Crippen MR) is 277 cm³/mol. The molecular weight excluding hydrogens is 925 g/mol. The zero-order valence-electron chi connectivity index (χ0n) is 44.0. The van der Waals surface area contributed by atoms with Gasteiger partial charge in [-0.25, -0.2) is 5.43 Å². The molecule has 0 radical (unpaired) electrons. The molecule has 7 heterocycles. The third-order valence-electron chi connectivity index (χ3n) is 15.6. The van der Waals surface area contributed by atoms with Crippen molar-refractivity contribution >= 4 is 40.5 Å². The number of carbonyl (C=O) groups excluding carboxylic acids is 5. The van der Waals surface area contributed by atoms with E-state index in [1.165, 1.54) is 9.91 Å². The van der Waals surface area contributed by atoms with Gasteiger partial charge < -0.3 is 33.9 Å². The fraction of sp³-hybridized carbons (Fsp3) is 0.544. The molecule has 4 saturated heterocycles. The molecule has 4 aromatic rings. The molecular formula is C57H72N8O8. The highest BCUT2D eigenvalue weighted by atomic mass is 16.5. The molecule has 9 rings (SSSR count). The number of likely N-dealkylation sites (tertiary alicyclic amines) is 2. The molecule has 2 aromatic heterocycles. The van der Waals surface area contributed by atoms with Gasteiger partial charge in [0.2, 0.25) is 5.91 Å². The van der Waals surface area contributed by atoms with Crippen LogP contribution < -0.4 is 10.7 Å². The number of aryl methyl sites for hydroxylation is 1. The van der Waals surface area contributed by atoms with Gasteiger partial charge in [-0.1, -0.05) is 63.9 Å². The Balaban J connectivity index is 1.03. The van der Waals surface area contributed by atoms with Crippen LogP contribution in [0.15, 0.2) is 60.8 Å². The monoisotopic (exact) mass is 997 g/mol. The Morgan fingerprint density at radius 1 is 1.00 bits per heavy atom. The van der Waals surface area contributed by atoms with Gasteiger partial charge in [-0.05, 0) is 112 Å². The van der Waals surface area contributed by atoms with E-state index in [0.717, 1.165) is 69.6 Å². The topological polar surface area (TPSA) is 168 Å². The first-order valence-corrected chi connectivity index (χ1v) is 26.1. The van der Waals surface area contributed by atoms with Crippen LogP contribution in [0.1, 0.15) is 104 Å². The quantitative estimate of drug-likeness (QED) is 0.148. The fourth-order valence-electron chi connectivity index (χ4n) is 11.3. The minimum atomic E-state index is -1.31. The zero-order valence-corrected chi connectivity index (χ0v) is 44.0. The van der Waals surface area contributed by atoms with E-state index in [1.54, 1.807) is 18.2 Å². The van der Waals surface area contributed by atoms with Crippen molar-refractivity contribution in [1.29, 1.82) is 0 Å². The van der Waals surface area contributed by atoms with Crippen molar-refractivity contribution in [1.82, 2.24) is 40.0 Å². The van der Waals surface area contributed by atoms with Crippen LogP contribution in [0.5, 0.6) is 0 Å². The molecule has 6 bridgehead atoms. The summed E-state index contributed by atoms with van der Waals surface area (Å²) in [7, 11) is 1.69. The van der Waals surface area contributed by atoms with Crippen LogP contribution >= 0.6 is 0 Å². The van der Waals surface area contributed by atoms with Crippen LogP contribution in [-0.4, -0.2) is 141 Å². The molecule has 1 unspecified atom stereocenters. The number of nitrogens with one attached hydrogen (secondary N) is 2. The number of esters is 1. The molecule has 2 aromatic carbocycles. The van der Waals surface area contributed by atoms with Crippen LogP contribution in [0.4, 0.5) is 0 Å². The summed E-state index contributed by atoms with van der Waals surface area (Å²) in [5.74, 6) is 3.47. The van der Waals surface area contributed by atoms with Crippen molar-refractivity contribution in [2.24, 2.45) is 11.3 Å². The number of cyclic esters (lactones) is 1. The number of nitrogens with zero attached hydrogens (tertiary/aromatic N) is 6. The van der Waals surface area contributed by atoms with Crippen LogP contribution in [0, 0.1) is 23.2 Å². The smallest absolute Gasteiger partial charge is 0.324 e. The lowest BCUT2D eigenvalue weighted by Crippen LogP contribution is -2.62. The molecule has 73 heavy (non-hydrogen) atoms. The molecule has 4 fully saturated rings. The molecule has 5 atom stereocenters. The van der Waals surface area contributed by atoms with E-state index in [1.807, 2.05) is 52.8 Å². The number of methoxy groups -OCH3 is 1. The average molecular weight is 997 g/mol. The van der Waals surface area contributed by atoms with Gasteiger partial charge in [-0.2, -0.15) is 0 Å². The third kappa shape index (κ3) is 10.3. The van der Waals surface area contributed by atoms with Crippen LogP contribution in [0.25, 0.3) is 33.3 Å². The van der Waals surface area contributed by atoms with E-state index in [-0.39, 0.29) is 56.6 Å². The normalized spacial score (nSPS) is 23.5. The van der Waals surface area contributed by atoms with Gasteiger partial charge in [0.05, 0.1) is 36.2 Å². The first kappa shape index (κ1) is 51.8. The number of rotatable bonds is 9. The van der Waals surface area contributed by atoms with Gasteiger partial charge in [0.15, 0.2) is 5.60 Å². The van der Waals surface area contributed by atoms with E-state index < -0.39 is 52.5 Å². The van der Waals surface area contributed by atoms with Gasteiger partial charge in [0.25, 0.3) is 17.7 Å². The molecule has 5 aliphatic rings. The van der Waals surface area contributed by atoms with E-state index >= 15 is 0 Å². The number of ether oxygens (including phenoxy) is 3. The summed E-state index contributed by atoms with van der Waals surface area (Å²) in [4.78, 5) is 81.7. The van der Waals surface area contributed by atoms with Gasteiger partial charge >= 0.3 is 5.97 Å². The number of carbonyl (C=O) groups is 5. The Hall–Kier alpha value is -6.12. The fourth-order valence-corrected chi connectivity index (χ4v) is 11.3. The number of hydrogen-bond acceptors (Lipinski definition) is 11. The maximum Gasteiger partial charge on any atom is 0.324 e. The van der Waals surface area contributed by atoms with Crippen LogP contribution in [-0.2, 0) is 57.6 Å². The van der Waals surface area contributed by atoms with E-state index in [4.69, 9.17) is 19.2 Å². The van der Waals surface area contributed by atoms with Gasteiger partial charge in [0.1, 0.15) is 24.9 Å². The summed E-state index contributed by atoms with van der Waals surface area (Å²) in [6, 6.07) is 15.7. The molecule has 0 aliphatic carbocycles. The van der Waals surface area contributed by atoms with E-state index in [9.17, 15) is 24.0 Å². The van der Waals surface area contributed by atoms with E-state index in [2.05, 4.69) is 89.2 Å². The SMILES string of the molecule is CCn1c(-c2cccnc2[C@H](C)OC)c2c3cc(ccc31)-c1cccc(c1)C[C@H](NC(=O)C(C(C)C)N1CO[C@]3(CCN(C(=O)C#CC(C)(C)N4CCC4)C3)C1=O)C(=O)N1CCC[C@H](N1)C(=O)OCC(C)(C)C2. The highest BCUT2D eigenvalue weighted by Crippen LogP contribution is 2.42. The van der Waals surface area contributed by atoms with Crippen molar-refractivity contribution in [3.8, 4) is 34.2 Å². The van der Waals surface area contributed by atoms with Gasteiger partial charge in [0, 0.05) is 80.8 Å². The molecule has 388 valence electrons. The molecule has 5 aliphatic heterocycles. The number of hydrazine groups is 1. The summed E-state index contributed by atoms with van der Waals surface area (Å²) >= 11 is 0. The summed E-state index contributed by atoms with van der Waals surface area (Å²) in [6.45, 7) is 19.3. The number of pyridine rings is 1. The minimum Gasteiger partial charge on any atom is -0.464 e. The van der Waals surface area contributed by atoms with E-state index in [0.29, 0.717) is 38.9 Å². The zero-order chi connectivity index (χ0) is 52.0. The first-order valence-electron chi connectivity index (χ1n) is 26.1. The molecule has 2 N–H and O–H groups in total. The van der Waals surface area contributed by atoms with Crippen molar-refractivity contribution in [3.05, 3.63) is 77.6 Å². The minimum absolute atomic E-state index is 0.0323.